The third kappa shape index (κ3) is 2.69. The second-order valence-corrected chi connectivity index (χ2v) is 4.82. The number of nitrogens with two attached hydrogens (primary N) is 1. The first kappa shape index (κ1) is 15.4. The molecule has 2 N–H and O–H groups in total. The molecule has 0 fully saturated rings. The average Bonchev–Trinajstić information content (AvgIpc) is 2.54. The molecule has 0 saturated heterocycles. The van der Waals surface area contributed by atoms with Gasteiger partial charge in [0.2, 0.25) is 5.91 Å². The largest absolute Gasteiger partial charge is 0.316 e. The first-order chi connectivity index (χ1) is 8.41. The van der Waals surface area contributed by atoms with Gasteiger partial charge in [0.15, 0.2) is 0 Å². The summed E-state index contributed by atoms with van der Waals surface area (Å²) in [5.41, 5.74) is 7.00. The van der Waals surface area contributed by atoms with E-state index in [4.69, 9.17) is 5.73 Å². The van der Waals surface area contributed by atoms with Gasteiger partial charge in [0.25, 0.3) is 5.69 Å². The minimum Gasteiger partial charge on any atom is -0.316 e. The van der Waals surface area contributed by atoms with Gasteiger partial charge in [-0.15, -0.1) is 12.4 Å². The highest BCUT2D eigenvalue weighted by molar-refractivity contribution is 6.04. The lowest BCUT2D eigenvalue weighted by Crippen LogP contribution is -2.34. The number of amides is 1. The van der Waals surface area contributed by atoms with Gasteiger partial charge in [0.05, 0.1) is 4.92 Å². The molecule has 6 nitrogen and oxygen atoms in total. The van der Waals surface area contributed by atoms with E-state index in [0.717, 1.165) is 0 Å². The Morgan fingerprint density at radius 3 is 2.63 bits per heavy atom. The highest BCUT2D eigenvalue weighted by atomic mass is 35.5. The fourth-order valence-corrected chi connectivity index (χ4v) is 2.12. The highest BCUT2D eigenvalue weighted by Crippen LogP contribution is 2.37. The van der Waals surface area contributed by atoms with Crippen LogP contribution in [0, 0.1) is 16.0 Å². The van der Waals surface area contributed by atoms with Gasteiger partial charge in [-0.25, -0.2) is 0 Å². The number of hydrogen-bond acceptors (Lipinski definition) is 4. The summed E-state index contributed by atoms with van der Waals surface area (Å²) in [4.78, 5) is 23.8. The van der Waals surface area contributed by atoms with Gasteiger partial charge >= 0.3 is 0 Å². The number of non-ortho nitro benzene ring substituents is 1. The molecule has 0 radical (unpaired) electrons. The molecule has 1 unspecified atom stereocenters. The smallest absolute Gasteiger partial charge is 0.269 e. The van der Waals surface area contributed by atoms with Crippen LogP contribution < -0.4 is 10.6 Å². The molecular weight excluding hydrogens is 270 g/mol. The van der Waals surface area contributed by atoms with E-state index in [1.54, 1.807) is 11.0 Å². The predicted molar refractivity (Wildman–Crippen MR) is 74.5 cm³/mol. The Hall–Kier alpha value is -1.66. The topological polar surface area (TPSA) is 89.5 Å². The second-order valence-electron chi connectivity index (χ2n) is 4.82. The number of hydrogen-bond donors (Lipinski definition) is 1. The number of carbonyl (C=O) groups is 1. The van der Waals surface area contributed by atoms with Crippen molar-refractivity contribution in [3.63, 3.8) is 0 Å². The van der Waals surface area contributed by atoms with Gasteiger partial charge < -0.3 is 10.6 Å². The van der Waals surface area contributed by atoms with Crippen LogP contribution in [-0.2, 0) is 4.79 Å². The van der Waals surface area contributed by atoms with Crippen molar-refractivity contribution in [2.24, 2.45) is 11.7 Å². The van der Waals surface area contributed by atoms with Crippen LogP contribution >= 0.6 is 12.4 Å². The van der Waals surface area contributed by atoms with Gasteiger partial charge in [-0.3, -0.25) is 14.9 Å². The Bertz CT molecular complexity index is 519. The molecule has 2 rings (SSSR count). The van der Waals surface area contributed by atoms with Crippen molar-refractivity contribution in [2.45, 2.75) is 19.9 Å². The normalized spacial score (nSPS) is 17.4. The zero-order chi connectivity index (χ0) is 13.4. The molecule has 104 valence electrons. The molecule has 0 bridgehead atoms. The Morgan fingerprint density at radius 1 is 1.47 bits per heavy atom. The standard InChI is InChI=1S/C12H15N3O3.ClH/c1-7(2)6-14-10-4-3-8(15(17)18)5-9(10)11(13)12(14)16;/h3-5,7,11H,6,13H2,1-2H3;1H. The quantitative estimate of drug-likeness (QED) is 0.679. The van der Waals surface area contributed by atoms with Gasteiger partial charge in [-0.2, -0.15) is 0 Å². The fraction of sp³-hybridized carbons (Fsp3) is 0.417. The summed E-state index contributed by atoms with van der Waals surface area (Å²) in [7, 11) is 0. The first-order valence-electron chi connectivity index (χ1n) is 5.77. The number of benzene rings is 1. The minimum absolute atomic E-state index is 0. The maximum Gasteiger partial charge on any atom is 0.269 e. The number of nitrogens with zero attached hydrogens (tertiary/aromatic N) is 2. The molecule has 1 atom stereocenters. The molecule has 0 saturated carbocycles. The third-order valence-corrected chi connectivity index (χ3v) is 2.93. The van der Waals surface area contributed by atoms with Gasteiger partial charge in [0.1, 0.15) is 6.04 Å². The van der Waals surface area contributed by atoms with Crippen LogP contribution in [0.5, 0.6) is 0 Å². The number of fused-ring (bicyclic) bond motifs is 1. The summed E-state index contributed by atoms with van der Waals surface area (Å²) in [5, 5.41) is 10.7. The predicted octanol–water partition coefficient (Wildman–Crippen LogP) is 2.02. The lowest BCUT2D eigenvalue weighted by atomic mass is 10.1. The maximum absolute atomic E-state index is 12.0. The monoisotopic (exact) mass is 285 g/mol. The van der Waals surface area contributed by atoms with Crippen LogP contribution in [0.2, 0.25) is 0 Å². The van der Waals surface area contributed by atoms with E-state index >= 15 is 0 Å². The Kier molecular flexibility index (Phi) is 4.49. The molecule has 1 aliphatic heterocycles. The van der Waals surface area contributed by atoms with Crippen LogP contribution in [0.15, 0.2) is 18.2 Å². The summed E-state index contributed by atoms with van der Waals surface area (Å²) < 4.78 is 0. The third-order valence-electron chi connectivity index (χ3n) is 2.93. The Morgan fingerprint density at radius 2 is 2.11 bits per heavy atom. The molecule has 7 heteroatoms. The second kappa shape index (κ2) is 5.54. The van der Waals surface area contributed by atoms with Crippen molar-refractivity contribution in [3.8, 4) is 0 Å². The lowest BCUT2D eigenvalue weighted by Gasteiger charge is -2.19. The highest BCUT2D eigenvalue weighted by Gasteiger charge is 2.36. The fourth-order valence-electron chi connectivity index (χ4n) is 2.12. The number of nitro groups is 1. The SMILES string of the molecule is CC(C)CN1C(=O)C(N)c2cc([N+](=O)[O-])ccc21.Cl. The summed E-state index contributed by atoms with van der Waals surface area (Å²) in [6, 6.07) is 3.59. The number of anilines is 1. The van der Waals surface area contributed by atoms with Crippen LogP contribution in [0.1, 0.15) is 25.5 Å². The number of carbonyl (C=O) groups excluding carboxylic acids is 1. The molecule has 19 heavy (non-hydrogen) atoms. The first-order valence-corrected chi connectivity index (χ1v) is 5.77. The lowest BCUT2D eigenvalue weighted by molar-refractivity contribution is -0.384. The molecular formula is C12H16ClN3O3. The van der Waals surface area contributed by atoms with Gasteiger partial charge in [-0.1, -0.05) is 13.8 Å². The summed E-state index contributed by atoms with van der Waals surface area (Å²) >= 11 is 0. The van der Waals surface area contributed by atoms with E-state index in [2.05, 4.69) is 0 Å². The van der Waals surface area contributed by atoms with Crippen molar-refractivity contribution in [1.82, 2.24) is 0 Å². The molecule has 1 heterocycles. The molecule has 1 amide bonds. The number of nitro benzene ring substituents is 1. The molecule has 1 aliphatic rings. The summed E-state index contributed by atoms with van der Waals surface area (Å²) in [5.74, 6) is 0.112. The molecule has 1 aromatic rings. The van der Waals surface area contributed by atoms with E-state index in [9.17, 15) is 14.9 Å². The average molecular weight is 286 g/mol. The zero-order valence-corrected chi connectivity index (χ0v) is 11.5. The number of rotatable bonds is 3. The zero-order valence-electron chi connectivity index (χ0n) is 10.7. The van der Waals surface area contributed by atoms with Crippen LogP contribution in [0.25, 0.3) is 0 Å². The van der Waals surface area contributed by atoms with Crippen molar-refractivity contribution < 1.29 is 9.72 Å². The van der Waals surface area contributed by atoms with Crippen LogP contribution in [0.4, 0.5) is 11.4 Å². The summed E-state index contributed by atoms with van der Waals surface area (Å²) in [6.07, 6.45) is 0. The summed E-state index contributed by atoms with van der Waals surface area (Å²) in [6.45, 7) is 4.57. The Labute approximate surface area is 117 Å². The van der Waals surface area contributed by atoms with Gasteiger partial charge in [0, 0.05) is 29.9 Å². The molecule has 0 spiro atoms. The van der Waals surface area contributed by atoms with Crippen LogP contribution in [0.3, 0.4) is 0 Å². The Balaban J connectivity index is 0.00000180. The van der Waals surface area contributed by atoms with Crippen LogP contribution in [-0.4, -0.2) is 17.4 Å². The number of halogens is 1. The van der Waals surface area contributed by atoms with Crippen molar-refractivity contribution in [1.29, 1.82) is 0 Å². The van der Waals surface area contributed by atoms with E-state index in [0.29, 0.717) is 23.7 Å². The van der Waals surface area contributed by atoms with E-state index in [-0.39, 0.29) is 24.0 Å². The van der Waals surface area contributed by atoms with E-state index in [1.807, 2.05) is 13.8 Å². The molecule has 1 aromatic carbocycles. The van der Waals surface area contributed by atoms with Crippen molar-refractivity contribution in [3.05, 3.63) is 33.9 Å². The van der Waals surface area contributed by atoms with Crippen molar-refractivity contribution >= 4 is 29.7 Å². The van der Waals surface area contributed by atoms with Crippen molar-refractivity contribution in [2.75, 3.05) is 11.4 Å². The minimum atomic E-state index is -0.793. The van der Waals surface area contributed by atoms with E-state index in [1.165, 1.54) is 12.1 Å². The maximum atomic E-state index is 12.0. The molecule has 0 aromatic heterocycles. The van der Waals surface area contributed by atoms with Gasteiger partial charge in [-0.05, 0) is 12.0 Å². The molecule has 0 aliphatic carbocycles. The van der Waals surface area contributed by atoms with E-state index < -0.39 is 11.0 Å².